The smallest absolute Gasteiger partial charge is 0.337 e. The Morgan fingerprint density at radius 3 is 2.22 bits per heavy atom. The molecule has 0 heterocycles. The number of ketones is 2. The first-order chi connectivity index (χ1) is 10.8. The summed E-state index contributed by atoms with van der Waals surface area (Å²) in [5.74, 6) is -3.98. The topological polar surface area (TPSA) is 132 Å². The van der Waals surface area contributed by atoms with Crippen LogP contribution in [0.1, 0.15) is 43.5 Å². The summed E-state index contributed by atoms with van der Waals surface area (Å²) in [4.78, 5) is 35.8. The number of carboxylic acid groups (broad SMARTS) is 1. The van der Waals surface area contributed by atoms with Gasteiger partial charge in [0.2, 0.25) is 5.78 Å². The van der Waals surface area contributed by atoms with Gasteiger partial charge in [-0.15, -0.1) is 0 Å². The first-order valence-corrected chi connectivity index (χ1v) is 6.52. The number of hydrogen-bond acceptors (Lipinski definition) is 6. The lowest BCUT2D eigenvalue weighted by Gasteiger charge is -2.20. The van der Waals surface area contributed by atoms with Crippen molar-refractivity contribution in [3.05, 3.63) is 58.1 Å². The number of aliphatic carboxylic acids is 1. The van der Waals surface area contributed by atoms with E-state index in [2.05, 4.69) is 0 Å². The molecule has 0 spiro atoms. The summed E-state index contributed by atoms with van der Waals surface area (Å²) in [7, 11) is 0. The number of benzene rings is 2. The third kappa shape index (κ3) is 2.06. The molecule has 0 amide bonds. The molecule has 0 aliphatic heterocycles. The summed E-state index contributed by atoms with van der Waals surface area (Å²) in [5.41, 5.74) is -1.04. The highest BCUT2D eigenvalue weighted by Crippen LogP contribution is 2.38. The summed E-state index contributed by atoms with van der Waals surface area (Å²) >= 11 is 0. The van der Waals surface area contributed by atoms with Crippen molar-refractivity contribution in [3.63, 3.8) is 0 Å². The number of aliphatic hydroxyl groups excluding tert-OH is 1. The van der Waals surface area contributed by atoms with Crippen LogP contribution >= 0.6 is 0 Å². The minimum Gasteiger partial charge on any atom is -0.507 e. The Morgan fingerprint density at radius 2 is 1.57 bits per heavy atom. The zero-order valence-corrected chi connectivity index (χ0v) is 11.5. The maximum Gasteiger partial charge on any atom is 0.337 e. The van der Waals surface area contributed by atoms with E-state index in [0.717, 1.165) is 12.1 Å². The fourth-order valence-electron chi connectivity index (χ4n) is 2.60. The van der Waals surface area contributed by atoms with Crippen molar-refractivity contribution in [2.45, 2.75) is 6.10 Å². The zero-order chi connectivity index (χ0) is 16.9. The number of carbonyl (C=O) groups excluding carboxylic acids is 2. The number of carbonyl (C=O) groups is 3. The molecule has 3 rings (SSSR count). The Morgan fingerprint density at radius 1 is 0.913 bits per heavy atom. The number of rotatable bonds is 2. The second-order valence-corrected chi connectivity index (χ2v) is 5.06. The van der Waals surface area contributed by atoms with Crippen molar-refractivity contribution >= 4 is 17.5 Å². The fourth-order valence-corrected chi connectivity index (χ4v) is 2.60. The molecule has 0 fully saturated rings. The van der Waals surface area contributed by atoms with Crippen LogP contribution in [0.3, 0.4) is 0 Å². The van der Waals surface area contributed by atoms with Gasteiger partial charge in [-0.05, 0) is 23.8 Å². The quantitative estimate of drug-likeness (QED) is 0.554. The van der Waals surface area contributed by atoms with Crippen molar-refractivity contribution in [1.82, 2.24) is 0 Å². The van der Waals surface area contributed by atoms with Gasteiger partial charge in [-0.2, -0.15) is 0 Å². The average molecular weight is 314 g/mol. The van der Waals surface area contributed by atoms with Crippen molar-refractivity contribution in [1.29, 1.82) is 0 Å². The molecule has 1 unspecified atom stereocenters. The predicted molar refractivity (Wildman–Crippen MR) is 75.7 cm³/mol. The Balaban J connectivity index is 2.27. The molecule has 2 aromatic rings. The van der Waals surface area contributed by atoms with Gasteiger partial charge in [0.1, 0.15) is 11.5 Å². The van der Waals surface area contributed by atoms with Crippen LogP contribution in [0.4, 0.5) is 0 Å². The van der Waals surface area contributed by atoms with Gasteiger partial charge in [0, 0.05) is 11.1 Å². The van der Waals surface area contributed by atoms with E-state index in [1.165, 1.54) is 18.2 Å². The minimum atomic E-state index is -1.94. The molecule has 0 bridgehead atoms. The van der Waals surface area contributed by atoms with Crippen LogP contribution in [0.25, 0.3) is 0 Å². The molecule has 0 saturated heterocycles. The highest BCUT2D eigenvalue weighted by molar-refractivity contribution is 6.30. The number of aromatic hydroxyl groups is 2. The summed E-state index contributed by atoms with van der Waals surface area (Å²) in [6, 6.07) is 5.94. The lowest BCUT2D eigenvalue weighted by molar-refractivity contribution is -0.146. The highest BCUT2D eigenvalue weighted by Gasteiger charge is 2.35. The summed E-state index contributed by atoms with van der Waals surface area (Å²) in [5, 5.41) is 38.2. The van der Waals surface area contributed by atoms with Gasteiger partial charge in [0.15, 0.2) is 11.9 Å². The molecule has 7 nitrogen and oxygen atoms in total. The van der Waals surface area contributed by atoms with Gasteiger partial charge in [0.25, 0.3) is 0 Å². The summed E-state index contributed by atoms with van der Waals surface area (Å²) < 4.78 is 0. The Bertz CT molecular complexity index is 882. The van der Waals surface area contributed by atoms with Crippen molar-refractivity contribution in [2.75, 3.05) is 0 Å². The van der Waals surface area contributed by atoms with E-state index in [0.29, 0.717) is 0 Å². The van der Waals surface area contributed by atoms with E-state index < -0.39 is 29.4 Å². The van der Waals surface area contributed by atoms with E-state index >= 15 is 0 Å². The minimum absolute atomic E-state index is 0.0520. The van der Waals surface area contributed by atoms with Crippen molar-refractivity contribution < 1.29 is 34.8 Å². The van der Waals surface area contributed by atoms with Crippen LogP contribution in [0.15, 0.2) is 30.3 Å². The lowest BCUT2D eigenvalue weighted by atomic mass is 9.82. The van der Waals surface area contributed by atoms with Gasteiger partial charge < -0.3 is 20.4 Å². The predicted octanol–water partition coefficient (Wildman–Crippen LogP) is 0.991. The molecule has 0 radical (unpaired) electrons. The maximum absolute atomic E-state index is 12.5. The highest BCUT2D eigenvalue weighted by atomic mass is 16.4. The van der Waals surface area contributed by atoms with Crippen LogP contribution in [0.5, 0.6) is 11.5 Å². The number of fused-ring (bicyclic) bond motifs is 2. The largest absolute Gasteiger partial charge is 0.507 e. The number of phenols is 2. The number of carboxylic acids is 1. The van der Waals surface area contributed by atoms with Gasteiger partial charge >= 0.3 is 5.97 Å². The summed E-state index contributed by atoms with van der Waals surface area (Å²) in [6.07, 6.45) is -1.94. The number of phenolic OH excluding ortho intramolecular Hbond substituents is 2. The number of hydrogen-bond donors (Lipinski definition) is 4. The molecule has 1 atom stereocenters. The Kier molecular flexibility index (Phi) is 3.15. The Labute approximate surface area is 129 Å². The van der Waals surface area contributed by atoms with Gasteiger partial charge in [-0.3, -0.25) is 9.59 Å². The molecule has 0 aromatic heterocycles. The molecule has 23 heavy (non-hydrogen) atoms. The van der Waals surface area contributed by atoms with Gasteiger partial charge in [0.05, 0.1) is 11.1 Å². The Hall–Kier alpha value is -3.19. The molecule has 116 valence electrons. The van der Waals surface area contributed by atoms with Crippen molar-refractivity contribution in [3.8, 4) is 11.5 Å². The average Bonchev–Trinajstić information content (AvgIpc) is 2.50. The van der Waals surface area contributed by atoms with E-state index in [1.807, 2.05) is 0 Å². The first kappa shape index (κ1) is 14.7. The van der Waals surface area contributed by atoms with E-state index in [9.17, 15) is 29.7 Å². The van der Waals surface area contributed by atoms with Crippen molar-refractivity contribution in [2.24, 2.45) is 0 Å². The lowest BCUT2D eigenvalue weighted by Crippen LogP contribution is -2.22. The number of aliphatic hydroxyl groups is 1. The summed E-state index contributed by atoms with van der Waals surface area (Å²) in [6.45, 7) is 0. The van der Waals surface area contributed by atoms with Crippen LogP contribution in [-0.4, -0.2) is 38.0 Å². The molecule has 0 saturated carbocycles. The molecule has 1 aliphatic rings. The third-order valence-corrected chi connectivity index (χ3v) is 3.68. The normalized spacial score (nSPS) is 14.1. The zero-order valence-electron chi connectivity index (χ0n) is 11.5. The SMILES string of the molecule is O=C1c2cccc(O)c2C(=O)c2c(O)cc(C(O)C(=O)O)cc21. The standard InChI is InChI=1S/C16H10O7/c17-9-3-1-2-7-11(9)15(21)12-8(14(7)20)4-6(5-10(12)18)13(19)16(22)23/h1-5,13,17-19H,(H,22,23). The fraction of sp³-hybridized carbons (Fsp3) is 0.0625. The van der Waals surface area contributed by atoms with Gasteiger partial charge in [-0.1, -0.05) is 12.1 Å². The second-order valence-electron chi connectivity index (χ2n) is 5.06. The molecule has 1 aliphatic carbocycles. The van der Waals surface area contributed by atoms with E-state index in [-0.39, 0.29) is 33.6 Å². The maximum atomic E-state index is 12.5. The molecule has 4 N–H and O–H groups in total. The van der Waals surface area contributed by atoms with Crippen LogP contribution in [-0.2, 0) is 4.79 Å². The van der Waals surface area contributed by atoms with Crippen LogP contribution in [0, 0.1) is 0 Å². The monoisotopic (exact) mass is 314 g/mol. The second kappa shape index (κ2) is 4.92. The first-order valence-electron chi connectivity index (χ1n) is 6.52. The van der Waals surface area contributed by atoms with Crippen LogP contribution in [0.2, 0.25) is 0 Å². The van der Waals surface area contributed by atoms with E-state index in [4.69, 9.17) is 5.11 Å². The molecular weight excluding hydrogens is 304 g/mol. The van der Waals surface area contributed by atoms with Gasteiger partial charge in [-0.25, -0.2) is 4.79 Å². The molecular formula is C16H10O7. The third-order valence-electron chi connectivity index (χ3n) is 3.68. The molecule has 2 aromatic carbocycles. The van der Waals surface area contributed by atoms with Crippen LogP contribution < -0.4 is 0 Å². The van der Waals surface area contributed by atoms with E-state index in [1.54, 1.807) is 0 Å². The molecule has 7 heteroatoms.